The number of anilines is 2. The van der Waals surface area contributed by atoms with Gasteiger partial charge < -0.3 is 5.11 Å². The third-order valence-corrected chi connectivity index (χ3v) is 4.95. The van der Waals surface area contributed by atoms with Crippen LogP contribution < -0.4 is 10.5 Å². The molecule has 0 unspecified atom stereocenters. The number of hydrogen-bond acceptors (Lipinski definition) is 5. The van der Waals surface area contributed by atoms with Gasteiger partial charge in [0.1, 0.15) is 0 Å². The lowest BCUT2D eigenvalue weighted by Gasteiger charge is -2.38. The van der Waals surface area contributed by atoms with Crippen LogP contribution in [0.15, 0.2) is 23.0 Å². The van der Waals surface area contributed by atoms with Crippen molar-refractivity contribution in [2.24, 2.45) is 0 Å². The fraction of sp³-hybridized carbons (Fsp3) is 0.474. The number of aliphatic hydroxyl groups excluding tert-OH is 1. The summed E-state index contributed by atoms with van der Waals surface area (Å²) in [6.07, 6.45) is 0.668. The van der Waals surface area contributed by atoms with E-state index in [0.29, 0.717) is 32.3 Å². The fourth-order valence-corrected chi connectivity index (χ4v) is 3.31. The molecule has 0 radical (unpaired) electrons. The zero-order valence-electron chi connectivity index (χ0n) is 15.4. The standard InChI is InChI=1S/C19H26N4O2/c1-5-17-15(4)20-19-22(16-7-6-13(2)14(3)10-16)11-21(8-9-24)12-23(19)18(17)25/h6-7,10,24H,5,8-9,11-12H2,1-4H3. The summed E-state index contributed by atoms with van der Waals surface area (Å²) >= 11 is 0. The van der Waals surface area contributed by atoms with Crippen molar-refractivity contribution < 1.29 is 5.11 Å². The second-order valence-electron chi connectivity index (χ2n) is 6.66. The summed E-state index contributed by atoms with van der Waals surface area (Å²) in [5.74, 6) is 0.678. The van der Waals surface area contributed by atoms with Crippen molar-refractivity contribution in [3.05, 3.63) is 50.9 Å². The van der Waals surface area contributed by atoms with Gasteiger partial charge in [0.15, 0.2) is 0 Å². The zero-order chi connectivity index (χ0) is 18.1. The Bertz CT molecular complexity index is 844. The molecule has 2 aromatic rings. The summed E-state index contributed by atoms with van der Waals surface area (Å²) in [4.78, 5) is 21.8. The molecule has 0 bridgehead atoms. The van der Waals surface area contributed by atoms with Crippen LogP contribution in [0.1, 0.15) is 29.3 Å². The maximum absolute atomic E-state index is 12.9. The van der Waals surface area contributed by atoms with Gasteiger partial charge in [0.2, 0.25) is 5.95 Å². The zero-order valence-corrected chi connectivity index (χ0v) is 15.4. The maximum atomic E-state index is 12.9. The van der Waals surface area contributed by atoms with Gasteiger partial charge in [0.05, 0.1) is 19.9 Å². The Kier molecular flexibility index (Phi) is 4.92. The van der Waals surface area contributed by atoms with Crippen LogP contribution in [0.2, 0.25) is 0 Å². The summed E-state index contributed by atoms with van der Waals surface area (Å²) in [6.45, 7) is 9.68. The second-order valence-corrected chi connectivity index (χ2v) is 6.66. The van der Waals surface area contributed by atoms with E-state index < -0.39 is 0 Å². The van der Waals surface area contributed by atoms with E-state index in [4.69, 9.17) is 4.98 Å². The molecule has 0 atom stereocenters. The largest absolute Gasteiger partial charge is 0.395 e. The molecular weight excluding hydrogens is 316 g/mol. The molecule has 134 valence electrons. The third-order valence-electron chi connectivity index (χ3n) is 4.95. The first kappa shape index (κ1) is 17.6. The van der Waals surface area contributed by atoms with E-state index >= 15 is 0 Å². The van der Waals surface area contributed by atoms with Gasteiger partial charge in [0, 0.05) is 23.5 Å². The quantitative estimate of drug-likeness (QED) is 0.922. The van der Waals surface area contributed by atoms with Crippen molar-refractivity contribution >= 4 is 11.6 Å². The first-order valence-corrected chi connectivity index (χ1v) is 8.74. The molecule has 1 aliphatic heterocycles. The summed E-state index contributed by atoms with van der Waals surface area (Å²) in [5, 5.41) is 9.35. The highest BCUT2D eigenvalue weighted by atomic mass is 16.3. The van der Waals surface area contributed by atoms with Crippen molar-refractivity contribution in [1.82, 2.24) is 14.5 Å². The molecule has 0 spiro atoms. The first-order chi connectivity index (χ1) is 12.0. The number of nitrogens with zero attached hydrogens (tertiary/aromatic N) is 4. The van der Waals surface area contributed by atoms with Crippen molar-refractivity contribution in [1.29, 1.82) is 0 Å². The fourth-order valence-electron chi connectivity index (χ4n) is 3.31. The first-order valence-electron chi connectivity index (χ1n) is 8.74. The molecule has 1 N–H and O–H groups in total. The Morgan fingerprint density at radius 1 is 1.16 bits per heavy atom. The number of benzene rings is 1. The van der Waals surface area contributed by atoms with E-state index in [1.807, 2.05) is 13.8 Å². The van der Waals surface area contributed by atoms with E-state index in [2.05, 4.69) is 41.8 Å². The predicted octanol–water partition coefficient (Wildman–Crippen LogP) is 2.09. The van der Waals surface area contributed by atoms with Crippen molar-refractivity contribution in [2.75, 3.05) is 24.7 Å². The molecule has 1 aromatic heterocycles. The summed E-state index contributed by atoms with van der Waals surface area (Å²) in [5.41, 5.74) is 5.01. The number of fused-ring (bicyclic) bond motifs is 1. The van der Waals surface area contributed by atoms with Crippen molar-refractivity contribution in [3.63, 3.8) is 0 Å². The molecule has 6 nitrogen and oxygen atoms in total. The molecule has 0 saturated carbocycles. The van der Waals surface area contributed by atoms with Gasteiger partial charge >= 0.3 is 0 Å². The minimum absolute atomic E-state index is 0.0153. The monoisotopic (exact) mass is 342 g/mol. The van der Waals surface area contributed by atoms with Crippen LogP contribution in [0.3, 0.4) is 0 Å². The third kappa shape index (κ3) is 3.19. The van der Waals surface area contributed by atoms with Gasteiger partial charge in [-0.3, -0.25) is 19.2 Å². The van der Waals surface area contributed by atoms with E-state index in [0.717, 1.165) is 16.9 Å². The van der Waals surface area contributed by atoms with E-state index in [1.54, 1.807) is 4.57 Å². The Morgan fingerprint density at radius 3 is 2.56 bits per heavy atom. The molecule has 0 aliphatic carbocycles. The SMILES string of the molecule is CCc1c(C)nc2n(c1=O)CN(CCO)CN2c1ccc(C)c(C)c1. The number of aliphatic hydroxyl groups is 1. The smallest absolute Gasteiger partial charge is 0.259 e. The molecule has 0 saturated heterocycles. The highest BCUT2D eigenvalue weighted by molar-refractivity contribution is 5.60. The lowest BCUT2D eigenvalue weighted by molar-refractivity contribution is 0.152. The van der Waals surface area contributed by atoms with Gasteiger partial charge in [0.25, 0.3) is 5.56 Å². The van der Waals surface area contributed by atoms with Crippen LogP contribution in [0, 0.1) is 20.8 Å². The molecule has 2 heterocycles. The van der Waals surface area contributed by atoms with Gasteiger partial charge in [-0.2, -0.15) is 0 Å². The summed E-state index contributed by atoms with van der Waals surface area (Å²) < 4.78 is 1.72. The van der Waals surface area contributed by atoms with Gasteiger partial charge in [-0.1, -0.05) is 13.0 Å². The molecular formula is C19H26N4O2. The second kappa shape index (κ2) is 6.98. The van der Waals surface area contributed by atoms with Crippen LogP contribution in [0.4, 0.5) is 11.6 Å². The molecule has 6 heteroatoms. The maximum Gasteiger partial charge on any atom is 0.259 e. The number of aromatic nitrogens is 2. The highest BCUT2D eigenvalue weighted by Gasteiger charge is 2.27. The Balaban J connectivity index is 2.16. The average Bonchev–Trinajstić information content (AvgIpc) is 2.58. The predicted molar refractivity (Wildman–Crippen MR) is 99.3 cm³/mol. The van der Waals surface area contributed by atoms with Crippen LogP contribution in [-0.4, -0.2) is 39.4 Å². The summed E-state index contributed by atoms with van der Waals surface area (Å²) in [6, 6.07) is 6.27. The Morgan fingerprint density at radius 2 is 1.92 bits per heavy atom. The van der Waals surface area contributed by atoms with E-state index in [9.17, 15) is 9.90 Å². The van der Waals surface area contributed by atoms with Gasteiger partial charge in [-0.05, 0) is 50.5 Å². The van der Waals surface area contributed by atoms with Crippen LogP contribution in [0.25, 0.3) is 0 Å². The van der Waals surface area contributed by atoms with E-state index in [-0.39, 0.29) is 12.2 Å². The van der Waals surface area contributed by atoms with Crippen LogP contribution in [0.5, 0.6) is 0 Å². The minimum Gasteiger partial charge on any atom is -0.395 e. The van der Waals surface area contributed by atoms with Gasteiger partial charge in [-0.25, -0.2) is 4.98 Å². The molecule has 1 aromatic carbocycles. The number of aryl methyl sites for hydroxylation is 3. The molecule has 25 heavy (non-hydrogen) atoms. The number of β-amino-alcohol motifs (C(OH)–C–C–N with tert-alkyl or cyclic N) is 1. The molecule has 1 aliphatic rings. The molecule has 0 fully saturated rings. The van der Waals surface area contributed by atoms with E-state index in [1.165, 1.54) is 11.1 Å². The lowest BCUT2D eigenvalue weighted by Crippen LogP contribution is -2.48. The Labute approximate surface area is 148 Å². The molecule has 3 rings (SSSR count). The number of hydrogen-bond donors (Lipinski definition) is 1. The average molecular weight is 342 g/mol. The Hall–Kier alpha value is -2.18. The topological polar surface area (TPSA) is 61.6 Å². The molecule has 0 amide bonds. The van der Waals surface area contributed by atoms with Crippen LogP contribution >= 0.6 is 0 Å². The van der Waals surface area contributed by atoms with Crippen molar-refractivity contribution in [3.8, 4) is 0 Å². The van der Waals surface area contributed by atoms with Gasteiger partial charge in [-0.15, -0.1) is 0 Å². The number of rotatable bonds is 4. The summed E-state index contributed by atoms with van der Waals surface area (Å²) in [7, 11) is 0. The highest BCUT2D eigenvalue weighted by Crippen LogP contribution is 2.29. The lowest BCUT2D eigenvalue weighted by atomic mass is 10.1. The minimum atomic E-state index is 0.0153. The van der Waals surface area contributed by atoms with Crippen molar-refractivity contribution in [2.45, 2.75) is 40.8 Å². The van der Waals surface area contributed by atoms with Crippen LogP contribution in [-0.2, 0) is 13.1 Å². The normalized spacial score (nSPS) is 14.7.